The zero-order chi connectivity index (χ0) is 15.0. The lowest BCUT2D eigenvalue weighted by atomic mass is 10.1. The van der Waals surface area contributed by atoms with Crippen LogP contribution < -0.4 is 0 Å². The fourth-order valence-corrected chi connectivity index (χ4v) is 2.90. The molecule has 0 saturated carbocycles. The second-order valence-electron chi connectivity index (χ2n) is 6.67. The summed E-state index contributed by atoms with van der Waals surface area (Å²) >= 11 is 5.95. The van der Waals surface area contributed by atoms with E-state index in [-0.39, 0.29) is 5.04 Å². The van der Waals surface area contributed by atoms with Crippen LogP contribution in [0.4, 0.5) is 0 Å². The van der Waals surface area contributed by atoms with Gasteiger partial charge in [0, 0.05) is 5.39 Å². The SMILES string of the molecule is CC(C)(C)[Si](C)(C)OCc1cccc2nc(Cl)ccc12. The van der Waals surface area contributed by atoms with Gasteiger partial charge in [-0.2, -0.15) is 0 Å². The third kappa shape index (κ3) is 3.22. The van der Waals surface area contributed by atoms with Crippen molar-refractivity contribution >= 4 is 30.8 Å². The van der Waals surface area contributed by atoms with Gasteiger partial charge in [-0.25, -0.2) is 4.98 Å². The van der Waals surface area contributed by atoms with E-state index in [1.54, 1.807) is 0 Å². The number of hydrogen-bond donors (Lipinski definition) is 0. The molecule has 2 aromatic rings. The Hall–Kier alpha value is -0.903. The maximum Gasteiger partial charge on any atom is 0.192 e. The summed E-state index contributed by atoms with van der Waals surface area (Å²) in [5, 5.41) is 1.87. The van der Waals surface area contributed by atoms with E-state index < -0.39 is 8.32 Å². The fourth-order valence-electron chi connectivity index (χ4n) is 1.79. The highest BCUT2D eigenvalue weighted by Crippen LogP contribution is 2.37. The van der Waals surface area contributed by atoms with Gasteiger partial charge in [0.2, 0.25) is 0 Å². The molecule has 0 aliphatic rings. The van der Waals surface area contributed by atoms with Crippen LogP contribution in [-0.4, -0.2) is 13.3 Å². The Kier molecular flexibility index (Phi) is 4.24. The molecule has 108 valence electrons. The lowest BCUT2D eigenvalue weighted by Crippen LogP contribution is -2.40. The van der Waals surface area contributed by atoms with Gasteiger partial charge >= 0.3 is 0 Å². The van der Waals surface area contributed by atoms with Gasteiger partial charge in [-0.3, -0.25) is 0 Å². The Morgan fingerprint density at radius 3 is 2.50 bits per heavy atom. The minimum Gasteiger partial charge on any atom is -0.413 e. The van der Waals surface area contributed by atoms with E-state index in [0.717, 1.165) is 10.9 Å². The lowest BCUT2D eigenvalue weighted by Gasteiger charge is -2.36. The quantitative estimate of drug-likeness (QED) is 0.558. The van der Waals surface area contributed by atoms with Crippen LogP contribution in [0.5, 0.6) is 0 Å². The Morgan fingerprint density at radius 1 is 1.15 bits per heavy atom. The molecule has 1 heterocycles. The predicted octanol–water partition coefficient (Wildman–Crippen LogP) is 5.41. The van der Waals surface area contributed by atoms with Crippen molar-refractivity contribution in [2.75, 3.05) is 0 Å². The summed E-state index contributed by atoms with van der Waals surface area (Å²) in [4.78, 5) is 4.35. The molecule has 0 spiro atoms. The summed E-state index contributed by atoms with van der Waals surface area (Å²) in [5.41, 5.74) is 2.10. The number of pyridine rings is 1. The Labute approximate surface area is 127 Å². The number of halogens is 1. The largest absolute Gasteiger partial charge is 0.413 e. The summed E-state index contributed by atoms with van der Waals surface area (Å²) in [5.74, 6) is 0. The van der Waals surface area contributed by atoms with Crippen LogP contribution in [-0.2, 0) is 11.0 Å². The molecular formula is C16H22ClNOSi. The number of rotatable bonds is 3. The van der Waals surface area contributed by atoms with Gasteiger partial charge in [0.1, 0.15) is 5.15 Å². The van der Waals surface area contributed by atoms with Gasteiger partial charge in [-0.05, 0) is 41.9 Å². The van der Waals surface area contributed by atoms with Crippen molar-refractivity contribution in [1.82, 2.24) is 4.98 Å². The molecular weight excluding hydrogens is 286 g/mol. The van der Waals surface area contributed by atoms with Gasteiger partial charge < -0.3 is 4.43 Å². The van der Waals surface area contributed by atoms with Crippen LogP contribution in [0.25, 0.3) is 10.9 Å². The third-order valence-electron chi connectivity index (χ3n) is 4.18. The Bertz CT molecular complexity index is 619. The van der Waals surface area contributed by atoms with Crippen LogP contribution in [0.3, 0.4) is 0 Å². The summed E-state index contributed by atoms with van der Waals surface area (Å²) in [7, 11) is -1.73. The molecule has 0 saturated heterocycles. The average Bonchev–Trinajstić information content (AvgIpc) is 2.34. The minimum absolute atomic E-state index is 0.221. The fraction of sp³-hybridized carbons (Fsp3) is 0.438. The molecule has 0 bridgehead atoms. The monoisotopic (exact) mass is 307 g/mol. The van der Waals surface area contributed by atoms with Crippen LogP contribution in [0.15, 0.2) is 30.3 Å². The van der Waals surface area contributed by atoms with Gasteiger partial charge in [-0.15, -0.1) is 0 Å². The van der Waals surface area contributed by atoms with Crippen LogP contribution in [0.2, 0.25) is 23.3 Å². The summed E-state index contributed by atoms with van der Waals surface area (Å²) in [6.07, 6.45) is 0. The minimum atomic E-state index is -1.73. The molecule has 0 atom stereocenters. The van der Waals surface area contributed by atoms with Gasteiger partial charge in [0.15, 0.2) is 8.32 Å². The number of aromatic nitrogens is 1. The predicted molar refractivity (Wildman–Crippen MR) is 88.7 cm³/mol. The second kappa shape index (κ2) is 5.47. The summed E-state index contributed by atoms with van der Waals surface area (Å²) < 4.78 is 6.30. The average molecular weight is 308 g/mol. The van der Waals surface area contributed by atoms with Crippen molar-refractivity contribution in [2.24, 2.45) is 0 Å². The molecule has 0 aliphatic heterocycles. The molecule has 0 amide bonds. The maximum atomic E-state index is 6.30. The van der Waals surface area contributed by atoms with E-state index in [1.165, 1.54) is 5.56 Å². The smallest absolute Gasteiger partial charge is 0.192 e. The number of fused-ring (bicyclic) bond motifs is 1. The van der Waals surface area contributed by atoms with Crippen LogP contribution in [0.1, 0.15) is 26.3 Å². The molecule has 0 aliphatic carbocycles. The summed E-state index contributed by atoms with van der Waals surface area (Å²) in [6.45, 7) is 11.9. The first-order valence-electron chi connectivity index (χ1n) is 6.89. The van der Waals surface area contributed by atoms with Crippen molar-refractivity contribution in [3.05, 3.63) is 41.0 Å². The number of benzene rings is 1. The van der Waals surface area contributed by atoms with Crippen molar-refractivity contribution in [3.63, 3.8) is 0 Å². The topological polar surface area (TPSA) is 22.1 Å². The molecule has 1 aromatic heterocycles. The molecule has 0 fully saturated rings. The van der Waals surface area contributed by atoms with Gasteiger partial charge in [0.25, 0.3) is 0 Å². The first-order valence-corrected chi connectivity index (χ1v) is 10.2. The molecule has 20 heavy (non-hydrogen) atoms. The normalized spacial score (nSPS) is 12.9. The first-order chi connectivity index (χ1) is 9.21. The van der Waals surface area contributed by atoms with E-state index in [4.69, 9.17) is 16.0 Å². The van der Waals surface area contributed by atoms with Crippen molar-refractivity contribution in [2.45, 2.75) is 45.5 Å². The maximum absolute atomic E-state index is 6.30. The highest BCUT2D eigenvalue weighted by atomic mass is 35.5. The Morgan fingerprint density at radius 2 is 1.85 bits per heavy atom. The molecule has 4 heteroatoms. The first kappa shape index (κ1) is 15.5. The van der Waals surface area contributed by atoms with Gasteiger partial charge in [-0.1, -0.05) is 44.5 Å². The summed E-state index contributed by atoms with van der Waals surface area (Å²) in [6, 6.07) is 9.95. The molecule has 2 rings (SSSR count). The van der Waals surface area contributed by atoms with Gasteiger partial charge in [0.05, 0.1) is 12.1 Å². The van der Waals surface area contributed by atoms with E-state index in [1.807, 2.05) is 24.3 Å². The van der Waals surface area contributed by atoms with Crippen molar-refractivity contribution in [1.29, 1.82) is 0 Å². The zero-order valence-electron chi connectivity index (χ0n) is 12.8. The molecule has 0 radical (unpaired) electrons. The van der Waals surface area contributed by atoms with E-state index in [2.05, 4.69) is 44.9 Å². The van der Waals surface area contributed by atoms with E-state index in [0.29, 0.717) is 11.8 Å². The highest BCUT2D eigenvalue weighted by molar-refractivity contribution is 6.74. The van der Waals surface area contributed by atoms with Crippen molar-refractivity contribution in [3.8, 4) is 0 Å². The molecule has 2 nitrogen and oxygen atoms in total. The zero-order valence-corrected chi connectivity index (χ0v) is 14.6. The van der Waals surface area contributed by atoms with Crippen LogP contribution >= 0.6 is 11.6 Å². The Balaban J connectivity index is 2.27. The lowest BCUT2D eigenvalue weighted by molar-refractivity contribution is 0.277. The number of hydrogen-bond acceptors (Lipinski definition) is 2. The van der Waals surface area contributed by atoms with Crippen LogP contribution in [0, 0.1) is 0 Å². The number of nitrogens with zero attached hydrogens (tertiary/aromatic N) is 1. The molecule has 1 aromatic carbocycles. The second-order valence-corrected chi connectivity index (χ2v) is 11.9. The standard InChI is InChI=1S/C16H22ClNOSi/c1-16(2,3)20(4,5)19-11-12-7-6-8-14-13(12)9-10-15(17)18-14/h6-10H,11H2,1-5H3. The molecule has 0 N–H and O–H groups in total. The highest BCUT2D eigenvalue weighted by Gasteiger charge is 2.37. The van der Waals surface area contributed by atoms with E-state index >= 15 is 0 Å². The third-order valence-corrected chi connectivity index (χ3v) is 8.87. The molecule has 0 unspecified atom stereocenters. The van der Waals surface area contributed by atoms with Crippen molar-refractivity contribution < 1.29 is 4.43 Å². The van der Waals surface area contributed by atoms with E-state index in [9.17, 15) is 0 Å².